The second-order valence-corrected chi connectivity index (χ2v) is 5.61. The average Bonchev–Trinajstić information content (AvgIpc) is 2.97. The number of nitrogens with one attached hydrogen (secondary N) is 1. The maximum absolute atomic E-state index is 12.3. The van der Waals surface area contributed by atoms with Crippen molar-refractivity contribution >= 4 is 21.8 Å². The summed E-state index contributed by atoms with van der Waals surface area (Å²) in [5.74, 6) is 0.0488. The van der Waals surface area contributed by atoms with E-state index in [9.17, 15) is 4.79 Å². The zero-order valence-electron chi connectivity index (χ0n) is 10.9. The molecule has 1 fully saturated rings. The summed E-state index contributed by atoms with van der Waals surface area (Å²) in [5.41, 5.74) is 1.56. The molecule has 1 aliphatic heterocycles. The zero-order chi connectivity index (χ0) is 13.9. The number of nitrogens with zero attached hydrogens (tertiary/aromatic N) is 3. The summed E-state index contributed by atoms with van der Waals surface area (Å²) in [6.45, 7) is 3.21. The van der Waals surface area contributed by atoms with Crippen LogP contribution in [0.3, 0.4) is 0 Å². The van der Waals surface area contributed by atoms with Crippen LogP contribution < -0.4 is 5.32 Å². The molecule has 1 amide bonds. The summed E-state index contributed by atoms with van der Waals surface area (Å²) in [5, 5.41) is 7.51. The molecule has 1 aromatic heterocycles. The highest BCUT2D eigenvalue weighted by Crippen LogP contribution is 2.16. The molecule has 3 rings (SSSR count). The summed E-state index contributed by atoms with van der Waals surface area (Å²) in [4.78, 5) is 14.2. The summed E-state index contributed by atoms with van der Waals surface area (Å²) in [6, 6.07) is 7.82. The molecule has 1 aliphatic rings. The van der Waals surface area contributed by atoms with Crippen LogP contribution >= 0.6 is 15.9 Å². The maximum atomic E-state index is 12.3. The number of carbonyl (C=O) groups excluding carboxylic acids is 1. The van der Waals surface area contributed by atoms with E-state index < -0.39 is 0 Å². The van der Waals surface area contributed by atoms with Crippen LogP contribution in [-0.4, -0.2) is 46.8 Å². The van der Waals surface area contributed by atoms with Gasteiger partial charge in [0, 0.05) is 36.8 Å². The standard InChI is InChI=1S/C14H15BrN4O/c15-12-2-1-3-13(8-12)19-10-11(9-17-19)14(20)18-6-4-16-5-7-18/h1-3,8-10,16H,4-7H2. The Hall–Kier alpha value is -1.66. The van der Waals surface area contributed by atoms with E-state index in [1.807, 2.05) is 29.2 Å². The number of hydrogen-bond donors (Lipinski definition) is 1. The van der Waals surface area contributed by atoms with Crippen LogP contribution in [0.25, 0.3) is 5.69 Å². The molecule has 1 saturated heterocycles. The molecule has 1 N–H and O–H groups in total. The third-order valence-electron chi connectivity index (χ3n) is 3.31. The molecular weight excluding hydrogens is 320 g/mol. The van der Waals surface area contributed by atoms with E-state index in [4.69, 9.17) is 0 Å². The Morgan fingerprint density at radius 2 is 2.10 bits per heavy atom. The van der Waals surface area contributed by atoms with Crippen molar-refractivity contribution < 1.29 is 4.79 Å². The maximum Gasteiger partial charge on any atom is 0.257 e. The van der Waals surface area contributed by atoms with Crippen LogP contribution in [0.4, 0.5) is 0 Å². The predicted molar refractivity (Wildman–Crippen MR) is 80.0 cm³/mol. The predicted octanol–water partition coefficient (Wildman–Crippen LogP) is 1.68. The first-order valence-corrected chi connectivity index (χ1v) is 7.34. The summed E-state index contributed by atoms with van der Waals surface area (Å²) in [6.07, 6.45) is 3.41. The van der Waals surface area contributed by atoms with Gasteiger partial charge in [0.1, 0.15) is 0 Å². The van der Waals surface area contributed by atoms with Gasteiger partial charge >= 0.3 is 0 Å². The molecule has 0 spiro atoms. The van der Waals surface area contributed by atoms with Gasteiger partial charge in [0.05, 0.1) is 17.4 Å². The molecule has 2 heterocycles. The summed E-state index contributed by atoms with van der Waals surface area (Å²) in [7, 11) is 0. The molecule has 5 nitrogen and oxygen atoms in total. The largest absolute Gasteiger partial charge is 0.336 e. The lowest BCUT2D eigenvalue weighted by Crippen LogP contribution is -2.46. The van der Waals surface area contributed by atoms with Crippen LogP contribution in [0.1, 0.15) is 10.4 Å². The molecular formula is C14H15BrN4O. The van der Waals surface area contributed by atoms with E-state index >= 15 is 0 Å². The lowest BCUT2D eigenvalue weighted by Gasteiger charge is -2.26. The van der Waals surface area contributed by atoms with Gasteiger partial charge in [-0.2, -0.15) is 5.10 Å². The van der Waals surface area contributed by atoms with Gasteiger partial charge in [-0.3, -0.25) is 4.79 Å². The third kappa shape index (κ3) is 2.76. The minimum atomic E-state index is 0.0488. The van der Waals surface area contributed by atoms with Crippen LogP contribution in [0, 0.1) is 0 Å². The molecule has 0 unspecified atom stereocenters. The van der Waals surface area contributed by atoms with Crippen molar-refractivity contribution in [2.45, 2.75) is 0 Å². The number of halogens is 1. The minimum absolute atomic E-state index is 0.0488. The van der Waals surface area contributed by atoms with Crippen molar-refractivity contribution in [1.82, 2.24) is 20.0 Å². The van der Waals surface area contributed by atoms with Gasteiger partial charge in [-0.1, -0.05) is 22.0 Å². The van der Waals surface area contributed by atoms with Crippen LogP contribution in [-0.2, 0) is 0 Å². The van der Waals surface area contributed by atoms with E-state index in [1.165, 1.54) is 0 Å². The lowest BCUT2D eigenvalue weighted by atomic mass is 10.2. The van der Waals surface area contributed by atoms with Crippen molar-refractivity contribution in [3.05, 3.63) is 46.7 Å². The fraction of sp³-hybridized carbons (Fsp3) is 0.286. The molecule has 6 heteroatoms. The first-order chi connectivity index (χ1) is 9.74. The van der Waals surface area contributed by atoms with Gasteiger partial charge in [0.2, 0.25) is 0 Å². The van der Waals surface area contributed by atoms with E-state index in [1.54, 1.807) is 17.1 Å². The van der Waals surface area contributed by atoms with Gasteiger partial charge in [-0.05, 0) is 18.2 Å². The molecule has 20 heavy (non-hydrogen) atoms. The van der Waals surface area contributed by atoms with E-state index in [0.717, 1.165) is 36.3 Å². The second-order valence-electron chi connectivity index (χ2n) is 4.70. The quantitative estimate of drug-likeness (QED) is 0.909. The average molecular weight is 335 g/mol. The summed E-state index contributed by atoms with van der Waals surface area (Å²) < 4.78 is 2.71. The third-order valence-corrected chi connectivity index (χ3v) is 3.80. The molecule has 0 bridgehead atoms. The fourth-order valence-electron chi connectivity index (χ4n) is 2.24. The van der Waals surface area contributed by atoms with Gasteiger partial charge < -0.3 is 10.2 Å². The first kappa shape index (κ1) is 13.3. The van der Waals surface area contributed by atoms with Crippen LogP contribution in [0.2, 0.25) is 0 Å². The Bertz CT molecular complexity index is 619. The van der Waals surface area contributed by atoms with E-state index in [-0.39, 0.29) is 5.91 Å². The Kier molecular flexibility index (Phi) is 3.84. The molecule has 0 radical (unpaired) electrons. The van der Waals surface area contributed by atoms with Gasteiger partial charge in [-0.15, -0.1) is 0 Å². The van der Waals surface area contributed by atoms with Crippen molar-refractivity contribution in [2.75, 3.05) is 26.2 Å². The monoisotopic (exact) mass is 334 g/mol. The smallest absolute Gasteiger partial charge is 0.257 e. The number of amides is 1. The SMILES string of the molecule is O=C(c1cnn(-c2cccc(Br)c2)c1)N1CCNCC1. The number of carbonyl (C=O) groups is 1. The first-order valence-electron chi connectivity index (χ1n) is 6.54. The fourth-order valence-corrected chi connectivity index (χ4v) is 2.63. The van der Waals surface area contributed by atoms with Crippen LogP contribution in [0.15, 0.2) is 41.1 Å². The number of benzene rings is 1. The molecule has 0 saturated carbocycles. The Morgan fingerprint density at radius 3 is 2.85 bits per heavy atom. The number of hydrogen-bond acceptors (Lipinski definition) is 3. The normalized spacial score (nSPS) is 15.3. The number of aromatic nitrogens is 2. The van der Waals surface area contributed by atoms with Crippen molar-refractivity contribution in [3.8, 4) is 5.69 Å². The number of piperazine rings is 1. The molecule has 1 aromatic carbocycles. The highest BCUT2D eigenvalue weighted by atomic mass is 79.9. The van der Waals surface area contributed by atoms with Crippen LogP contribution in [0.5, 0.6) is 0 Å². The van der Waals surface area contributed by atoms with Crippen molar-refractivity contribution in [3.63, 3.8) is 0 Å². The van der Waals surface area contributed by atoms with Gasteiger partial charge in [0.25, 0.3) is 5.91 Å². The van der Waals surface area contributed by atoms with E-state index in [0.29, 0.717) is 5.56 Å². The minimum Gasteiger partial charge on any atom is -0.336 e. The van der Waals surface area contributed by atoms with Crippen molar-refractivity contribution in [1.29, 1.82) is 0 Å². The van der Waals surface area contributed by atoms with Crippen molar-refractivity contribution in [2.24, 2.45) is 0 Å². The van der Waals surface area contributed by atoms with Gasteiger partial charge in [0.15, 0.2) is 0 Å². The van der Waals surface area contributed by atoms with Gasteiger partial charge in [-0.25, -0.2) is 4.68 Å². The van der Waals surface area contributed by atoms with E-state index in [2.05, 4.69) is 26.3 Å². The highest BCUT2D eigenvalue weighted by molar-refractivity contribution is 9.10. The lowest BCUT2D eigenvalue weighted by molar-refractivity contribution is 0.0736. The Labute approximate surface area is 125 Å². The molecule has 0 atom stereocenters. The number of rotatable bonds is 2. The zero-order valence-corrected chi connectivity index (χ0v) is 12.5. The molecule has 0 aliphatic carbocycles. The highest BCUT2D eigenvalue weighted by Gasteiger charge is 2.19. The topological polar surface area (TPSA) is 50.2 Å². The molecule has 2 aromatic rings. The summed E-state index contributed by atoms with van der Waals surface area (Å²) >= 11 is 3.43. The Morgan fingerprint density at radius 1 is 1.30 bits per heavy atom. The second kappa shape index (κ2) is 5.76. The Balaban J connectivity index is 1.81. The molecule has 104 valence electrons.